The summed E-state index contributed by atoms with van der Waals surface area (Å²) in [4.78, 5) is 24.1. The lowest BCUT2D eigenvalue weighted by Crippen LogP contribution is -2.42. The third-order valence-electron chi connectivity index (χ3n) is 3.20. The van der Waals surface area contributed by atoms with Crippen molar-refractivity contribution in [1.82, 2.24) is 10.9 Å². The molecule has 6 nitrogen and oxygen atoms in total. The molecule has 0 saturated heterocycles. The second-order valence-electron chi connectivity index (χ2n) is 5.00. The van der Waals surface area contributed by atoms with E-state index in [-0.39, 0.29) is 12.3 Å². The molecule has 126 valence electrons. The molecule has 6 heteroatoms. The zero-order valence-electron chi connectivity index (χ0n) is 13.5. The molecule has 0 saturated carbocycles. The summed E-state index contributed by atoms with van der Waals surface area (Å²) >= 11 is 0. The molecule has 0 aliphatic heterocycles. The standard InChI is InChI=1S/C18H20N2O4/c1-23-11-12-24-16-10-6-5-9-15(16)18(22)20-19-17(21)13-14-7-3-2-4-8-14/h2-10H,11-13H2,1H3,(H,19,21)(H,20,22). The molecular formula is C18H20N2O4. The van der Waals surface area contributed by atoms with Crippen LogP contribution in [0.4, 0.5) is 0 Å². The predicted molar refractivity (Wildman–Crippen MR) is 89.6 cm³/mol. The number of carbonyl (C=O) groups excluding carboxylic acids is 2. The number of nitrogens with one attached hydrogen (secondary N) is 2. The van der Waals surface area contributed by atoms with E-state index in [9.17, 15) is 9.59 Å². The predicted octanol–water partition coefficient (Wildman–Crippen LogP) is 1.72. The van der Waals surface area contributed by atoms with Crippen LogP contribution in [0.15, 0.2) is 54.6 Å². The van der Waals surface area contributed by atoms with Crippen molar-refractivity contribution >= 4 is 11.8 Å². The van der Waals surface area contributed by atoms with E-state index in [0.29, 0.717) is 24.5 Å². The van der Waals surface area contributed by atoms with Gasteiger partial charge in [-0.25, -0.2) is 0 Å². The van der Waals surface area contributed by atoms with Gasteiger partial charge in [-0.2, -0.15) is 0 Å². The quantitative estimate of drug-likeness (QED) is 0.599. The highest BCUT2D eigenvalue weighted by atomic mass is 16.5. The SMILES string of the molecule is COCCOc1ccccc1C(=O)NNC(=O)Cc1ccccc1. The maximum atomic E-state index is 12.2. The van der Waals surface area contributed by atoms with Gasteiger partial charge in [-0.15, -0.1) is 0 Å². The van der Waals surface area contributed by atoms with E-state index in [4.69, 9.17) is 9.47 Å². The Labute approximate surface area is 140 Å². The van der Waals surface area contributed by atoms with Crippen LogP contribution >= 0.6 is 0 Å². The number of hydrogen-bond acceptors (Lipinski definition) is 4. The maximum Gasteiger partial charge on any atom is 0.273 e. The lowest BCUT2D eigenvalue weighted by atomic mass is 10.1. The fourth-order valence-corrected chi connectivity index (χ4v) is 2.03. The van der Waals surface area contributed by atoms with Gasteiger partial charge in [0.25, 0.3) is 5.91 Å². The largest absolute Gasteiger partial charge is 0.490 e. The number of ether oxygens (including phenoxy) is 2. The van der Waals surface area contributed by atoms with E-state index < -0.39 is 5.91 Å². The summed E-state index contributed by atoms with van der Waals surface area (Å²) in [6, 6.07) is 16.1. The maximum absolute atomic E-state index is 12.2. The third kappa shape index (κ3) is 5.40. The van der Waals surface area contributed by atoms with Crippen LogP contribution in [0.1, 0.15) is 15.9 Å². The zero-order chi connectivity index (χ0) is 17.2. The van der Waals surface area contributed by atoms with E-state index in [0.717, 1.165) is 5.56 Å². The molecule has 0 aliphatic carbocycles. The Hall–Kier alpha value is -2.86. The first-order valence-electron chi connectivity index (χ1n) is 7.54. The number of carbonyl (C=O) groups is 2. The molecule has 0 aliphatic rings. The van der Waals surface area contributed by atoms with Crippen molar-refractivity contribution < 1.29 is 19.1 Å². The topological polar surface area (TPSA) is 76.7 Å². The first kappa shape index (κ1) is 17.5. The smallest absolute Gasteiger partial charge is 0.273 e. The minimum absolute atomic E-state index is 0.188. The molecule has 0 radical (unpaired) electrons. The van der Waals surface area contributed by atoms with Crippen molar-refractivity contribution in [3.63, 3.8) is 0 Å². The summed E-state index contributed by atoms with van der Waals surface area (Å²) < 4.78 is 10.4. The zero-order valence-corrected chi connectivity index (χ0v) is 13.5. The number of benzene rings is 2. The van der Waals surface area contributed by atoms with Gasteiger partial charge in [0.15, 0.2) is 0 Å². The Balaban J connectivity index is 1.89. The normalized spacial score (nSPS) is 10.0. The van der Waals surface area contributed by atoms with Crippen LogP contribution in [0.3, 0.4) is 0 Å². The minimum Gasteiger partial charge on any atom is -0.490 e. The Morgan fingerprint density at radius 1 is 0.917 bits per heavy atom. The summed E-state index contributed by atoms with van der Waals surface area (Å²) in [7, 11) is 1.57. The molecule has 0 unspecified atom stereocenters. The minimum atomic E-state index is -0.440. The van der Waals surface area contributed by atoms with E-state index in [1.807, 2.05) is 30.3 Å². The van der Waals surface area contributed by atoms with Crippen LogP contribution < -0.4 is 15.6 Å². The van der Waals surface area contributed by atoms with Crippen LogP contribution in [0.5, 0.6) is 5.75 Å². The van der Waals surface area contributed by atoms with Crippen LogP contribution in [-0.4, -0.2) is 32.1 Å². The molecule has 2 N–H and O–H groups in total. The van der Waals surface area contributed by atoms with Gasteiger partial charge in [-0.1, -0.05) is 42.5 Å². The van der Waals surface area contributed by atoms with Crippen LogP contribution in [0.2, 0.25) is 0 Å². The second kappa shape index (κ2) is 9.32. The van der Waals surface area contributed by atoms with E-state index in [1.54, 1.807) is 31.4 Å². The van der Waals surface area contributed by atoms with Gasteiger partial charge < -0.3 is 9.47 Å². The number of hydrazine groups is 1. The average molecular weight is 328 g/mol. The molecule has 0 heterocycles. The van der Waals surface area contributed by atoms with Gasteiger partial charge in [0.2, 0.25) is 5.91 Å². The van der Waals surface area contributed by atoms with E-state index in [1.165, 1.54) is 0 Å². The molecule has 2 aromatic rings. The number of hydrogen-bond donors (Lipinski definition) is 2. The molecule has 0 fully saturated rings. The van der Waals surface area contributed by atoms with Crippen molar-refractivity contribution in [2.45, 2.75) is 6.42 Å². The monoisotopic (exact) mass is 328 g/mol. The summed E-state index contributed by atoms with van der Waals surface area (Å²) in [5, 5.41) is 0. The van der Waals surface area contributed by atoms with E-state index in [2.05, 4.69) is 10.9 Å². The number of methoxy groups -OCH3 is 1. The Morgan fingerprint density at radius 2 is 1.62 bits per heavy atom. The summed E-state index contributed by atoms with van der Waals surface area (Å²) in [5.74, 6) is -0.305. The van der Waals surface area contributed by atoms with Gasteiger partial charge in [-0.3, -0.25) is 20.4 Å². The van der Waals surface area contributed by atoms with Crippen LogP contribution in [0.25, 0.3) is 0 Å². The van der Waals surface area contributed by atoms with Crippen molar-refractivity contribution in [1.29, 1.82) is 0 Å². The Morgan fingerprint density at radius 3 is 2.38 bits per heavy atom. The molecule has 2 aromatic carbocycles. The highest BCUT2D eigenvalue weighted by molar-refractivity contribution is 5.97. The molecule has 0 bridgehead atoms. The van der Waals surface area contributed by atoms with Crippen LogP contribution in [-0.2, 0) is 16.0 Å². The Kier molecular flexibility index (Phi) is 6.79. The van der Waals surface area contributed by atoms with Crippen molar-refractivity contribution in [2.75, 3.05) is 20.3 Å². The summed E-state index contributed by atoms with van der Waals surface area (Å²) in [6.45, 7) is 0.755. The fourth-order valence-electron chi connectivity index (χ4n) is 2.03. The molecule has 0 aromatic heterocycles. The fraction of sp³-hybridized carbons (Fsp3) is 0.222. The number of rotatable bonds is 7. The molecule has 0 spiro atoms. The number of para-hydroxylation sites is 1. The van der Waals surface area contributed by atoms with Crippen LogP contribution in [0, 0.1) is 0 Å². The highest BCUT2D eigenvalue weighted by Crippen LogP contribution is 2.17. The lowest BCUT2D eigenvalue weighted by molar-refractivity contribution is -0.121. The van der Waals surface area contributed by atoms with Gasteiger partial charge in [0, 0.05) is 7.11 Å². The van der Waals surface area contributed by atoms with Crippen molar-refractivity contribution in [3.8, 4) is 5.75 Å². The molecular weight excluding hydrogens is 308 g/mol. The second-order valence-corrected chi connectivity index (χ2v) is 5.00. The van der Waals surface area contributed by atoms with Gasteiger partial charge in [-0.05, 0) is 17.7 Å². The van der Waals surface area contributed by atoms with Crippen molar-refractivity contribution in [3.05, 3.63) is 65.7 Å². The number of amides is 2. The highest BCUT2D eigenvalue weighted by Gasteiger charge is 2.13. The molecule has 0 atom stereocenters. The van der Waals surface area contributed by atoms with Gasteiger partial charge >= 0.3 is 0 Å². The van der Waals surface area contributed by atoms with Gasteiger partial charge in [0.1, 0.15) is 12.4 Å². The Bertz CT molecular complexity index is 674. The van der Waals surface area contributed by atoms with E-state index >= 15 is 0 Å². The lowest BCUT2D eigenvalue weighted by Gasteiger charge is -2.12. The molecule has 2 rings (SSSR count). The molecule has 2 amide bonds. The first-order valence-corrected chi connectivity index (χ1v) is 7.54. The summed E-state index contributed by atoms with van der Waals surface area (Å²) in [6.07, 6.45) is 0.188. The van der Waals surface area contributed by atoms with Crippen molar-refractivity contribution in [2.24, 2.45) is 0 Å². The average Bonchev–Trinajstić information content (AvgIpc) is 2.61. The first-order chi connectivity index (χ1) is 11.7. The molecule has 24 heavy (non-hydrogen) atoms. The third-order valence-corrected chi connectivity index (χ3v) is 3.20. The summed E-state index contributed by atoms with van der Waals surface area (Å²) in [5.41, 5.74) is 6.01. The van der Waals surface area contributed by atoms with Gasteiger partial charge in [0.05, 0.1) is 18.6 Å².